The predicted octanol–water partition coefficient (Wildman–Crippen LogP) is 5.61. The Morgan fingerprint density at radius 3 is 2.16 bits per heavy atom. The number of benzene rings is 4. The van der Waals surface area contributed by atoms with Gasteiger partial charge in [0.05, 0.1) is 6.54 Å². The molecule has 0 unspecified atom stereocenters. The second kappa shape index (κ2) is 10.8. The Morgan fingerprint density at radius 2 is 1.39 bits per heavy atom. The van der Waals surface area contributed by atoms with E-state index in [1.165, 1.54) is 0 Å². The summed E-state index contributed by atoms with van der Waals surface area (Å²) in [6.07, 6.45) is 0. The molecule has 7 heteroatoms. The first-order chi connectivity index (χ1) is 18.7. The lowest BCUT2D eigenvalue weighted by atomic mass is 10.1. The molecule has 7 nitrogen and oxygen atoms in total. The van der Waals surface area contributed by atoms with Crippen molar-refractivity contribution < 1.29 is 28.5 Å². The minimum Gasteiger partial charge on any atom is -0.491 e. The Morgan fingerprint density at radius 1 is 0.684 bits per heavy atom. The molecule has 4 aromatic rings. The standard InChI is InChI=1S/C31H27NO6/c33-31-30-28(34-14-13-32(31)18-24-11-12-26-27(15-24)38-21-37-26)16-25(35-19-22-7-3-1-4-8-22)17-29(30)36-20-23-9-5-2-6-10-23/h1-12,15-17H,13-14,18-21H2. The van der Waals surface area contributed by atoms with Crippen LogP contribution in [0.2, 0.25) is 0 Å². The molecule has 0 aliphatic carbocycles. The van der Waals surface area contributed by atoms with Crippen LogP contribution < -0.4 is 23.7 Å². The van der Waals surface area contributed by atoms with Crippen LogP contribution in [0.1, 0.15) is 27.0 Å². The molecule has 0 spiro atoms. The summed E-state index contributed by atoms with van der Waals surface area (Å²) in [5.74, 6) is 2.70. The van der Waals surface area contributed by atoms with Crippen LogP contribution in [0.5, 0.6) is 28.7 Å². The molecule has 1 amide bonds. The summed E-state index contributed by atoms with van der Waals surface area (Å²) in [6.45, 7) is 2.10. The van der Waals surface area contributed by atoms with Gasteiger partial charge in [0, 0.05) is 18.7 Å². The van der Waals surface area contributed by atoms with Crippen LogP contribution in [0.3, 0.4) is 0 Å². The summed E-state index contributed by atoms with van der Waals surface area (Å²) in [4.78, 5) is 15.6. The first kappa shape index (κ1) is 23.7. The Bertz CT molecular complexity index is 1420. The fourth-order valence-corrected chi connectivity index (χ4v) is 4.50. The molecule has 2 aliphatic rings. The minimum atomic E-state index is -0.159. The van der Waals surface area contributed by atoms with Crippen LogP contribution >= 0.6 is 0 Å². The van der Waals surface area contributed by atoms with E-state index < -0.39 is 0 Å². The number of fused-ring (bicyclic) bond motifs is 2. The van der Waals surface area contributed by atoms with Gasteiger partial charge in [0.1, 0.15) is 42.6 Å². The lowest BCUT2D eigenvalue weighted by molar-refractivity contribution is 0.0738. The van der Waals surface area contributed by atoms with Crippen LogP contribution in [0.4, 0.5) is 0 Å². The molecule has 2 heterocycles. The van der Waals surface area contributed by atoms with E-state index >= 15 is 0 Å². The quantitative estimate of drug-likeness (QED) is 0.308. The van der Waals surface area contributed by atoms with Crippen molar-refractivity contribution in [2.24, 2.45) is 0 Å². The third kappa shape index (κ3) is 5.22. The van der Waals surface area contributed by atoms with Crippen LogP contribution in [0.25, 0.3) is 0 Å². The number of rotatable bonds is 8. The summed E-state index contributed by atoms with van der Waals surface area (Å²) in [5, 5.41) is 0. The van der Waals surface area contributed by atoms with Crippen LogP contribution in [-0.4, -0.2) is 30.8 Å². The van der Waals surface area contributed by atoms with E-state index in [4.69, 9.17) is 23.7 Å². The van der Waals surface area contributed by atoms with Crippen molar-refractivity contribution in [2.75, 3.05) is 19.9 Å². The summed E-state index contributed by atoms with van der Waals surface area (Å²) in [6, 6.07) is 29.0. The van der Waals surface area contributed by atoms with Gasteiger partial charge >= 0.3 is 0 Å². The fraction of sp³-hybridized carbons (Fsp3) is 0.194. The number of carbonyl (C=O) groups is 1. The molecule has 6 rings (SSSR count). The van der Waals surface area contributed by atoms with E-state index in [1.807, 2.05) is 78.9 Å². The summed E-state index contributed by atoms with van der Waals surface area (Å²) in [5.41, 5.74) is 3.38. The van der Waals surface area contributed by atoms with Crippen molar-refractivity contribution in [2.45, 2.75) is 19.8 Å². The predicted molar refractivity (Wildman–Crippen MR) is 141 cm³/mol. The molecule has 4 aromatic carbocycles. The van der Waals surface area contributed by atoms with Crippen molar-refractivity contribution in [3.05, 3.63) is 113 Å². The summed E-state index contributed by atoms with van der Waals surface area (Å²) < 4.78 is 29.3. The lowest BCUT2D eigenvalue weighted by Crippen LogP contribution is -2.32. The number of nitrogens with zero attached hydrogens (tertiary/aromatic N) is 1. The molecule has 2 aliphatic heterocycles. The molecule has 38 heavy (non-hydrogen) atoms. The van der Waals surface area contributed by atoms with Crippen LogP contribution in [-0.2, 0) is 19.8 Å². The topological polar surface area (TPSA) is 66.5 Å². The van der Waals surface area contributed by atoms with Gasteiger partial charge in [0.25, 0.3) is 5.91 Å². The molecule has 0 saturated heterocycles. The van der Waals surface area contributed by atoms with Crippen molar-refractivity contribution in [3.63, 3.8) is 0 Å². The zero-order valence-corrected chi connectivity index (χ0v) is 20.8. The Balaban J connectivity index is 1.29. The number of ether oxygens (including phenoxy) is 5. The highest BCUT2D eigenvalue weighted by atomic mass is 16.7. The van der Waals surface area contributed by atoms with Gasteiger partial charge in [-0.05, 0) is 28.8 Å². The maximum absolute atomic E-state index is 13.9. The van der Waals surface area contributed by atoms with E-state index in [1.54, 1.807) is 17.0 Å². The van der Waals surface area contributed by atoms with E-state index in [2.05, 4.69) is 0 Å². The normalized spacial score (nSPS) is 13.9. The van der Waals surface area contributed by atoms with Gasteiger partial charge in [-0.1, -0.05) is 66.7 Å². The van der Waals surface area contributed by atoms with Crippen molar-refractivity contribution in [1.29, 1.82) is 0 Å². The van der Waals surface area contributed by atoms with Gasteiger partial charge in [-0.2, -0.15) is 0 Å². The highest BCUT2D eigenvalue weighted by Gasteiger charge is 2.29. The van der Waals surface area contributed by atoms with Gasteiger partial charge in [-0.25, -0.2) is 0 Å². The Kier molecular flexibility index (Phi) is 6.72. The molecule has 0 fully saturated rings. The lowest BCUT2D eigenvalue weighted by Gasteiger charge is -2.21. The minimum absolute atomic E-state index is 0.159. The first-order valence-electron chi connectivity index (χ1n) is 12.5. The molecule has 0 N–H and O–H groups in total. The second-order valence-electron chi connectivity index (χ2n) is 9.11. The van der Waals surface area contributed by atoms with Gasteiger partial charge < -0.3 is 28.6 Å². The van der Waals surface area contributed by atoms with Crippen molar-refractivity contribution in [3.8, 4) is 28.7 Å². The molecular weight excluding hydrogens is 482 g/mol. The summed E-state index contributed by atoms with van der Waals surface area (Å²) in [7, 11) is 0. The molecule has 0 saturated carbocycles. The monoisotopic (exact) mass is 509 g/mol. The van der Waals surface area contributed by atoms with Crippen molar-refractivity contribution >= 4 is 5.91 Å². The Hall–Kier alpha value is -4.65. The number of hydrogen-bond donors (Lipinski definition) is 0. The van der Waals surface area contributed by atoms with Crippen LogP contribution in [0.15, 0.2) is 91.0 Å². The zero-order chi connectivity index (χ0) is 25.7. The molecule has 192 valence electrons. The van der Waals surface area contributed by atoms with Gasteiger partial charge in [0.2, 0.25) is 6.79 Å². The highest BCUT2D eigenvalue weighted by Crippen LogP contribution is 2.38. The van der Waals surface area contributed by atoms with Crippen molar-refractivity contribution in [1.82, 2.24) is 4.90 Å². The van der Waals surface area contributed by atoms with Gasteiger partial charge in [0.15, 0.2) is 11.5 Å². The largest absolute Gasteiger partial charge is 0.491 e. The maximum Gasteiger partial charge on any atom is 0.261 e. The van der Waals surface area contributed by atoms with Gasteiger partial charge in [-0.15, -0.1) is 0 Å². The average molecular weight is 510 g/mol. The molecular formula is C31H27NO6. The first-order valence-corrected chi connectivity index (χ1v) is 12.5. The molecule has 0 radical (unpaired) electrons. The maximum atomic E-state index is 13.9. The number of hydrogen-bond acceptors (Lipinski definition) is 6. The third-order valence-corrected chi connectivity index (χ3v) is 6.46. The Labute approximate surface area is 221 Å². The number of amides is 1. The van der Waals surface area contributed by atoms with E-state index in [9.17, 15) is 4.79 Å². The zero-order valence-electron chi connectivity index (χ0n) is 20.8. The molecule has 0 aromatic heterocycles. The average Bonchev–Trinajstić information content (AvgIpc) is 3.37. The number of carbonyl (C=O) groups excluding carboxylic acids is 1. The van der Waals surface area contributed by atoms with E-state index in [0.717, 1.165) is 16.7 Å². The van der Waals surface area contributed by atoms with E-state index in [-0.39, 0.29) is 12.7 Å². The van der Waals surface area contributed by atoms with Gasteiger partial charge in [-0.3, -0.25) is 4.79 Å². The third-order valence-electron chi connectivity index (χ3n) is 6.46. The second-order valence-corrected chi connectivity index (χ2v) is 9.11. The SMILES string of the molecule is O=C1c2c(cc(OCc3ccccc3)cc2OCc2ccccc2)OCCN1Cc1ccc2c(c1)OCO2. The molecule has 0 bridgehead atoms. The highest BCUT2D eigenvalue weighted by molar-refractivity contribution is 6.00. The fourth-order valence-electron chi connectivity index (χ4n) is 4.50. The molecule has 0 atom stereocenters. The summed E-state index contributed by atoms with van der Waals surface area (Å²) >= 11 is 0. The smallest absolute Gasteiger partial charge is 0.261 e. The van der Waals surface area contributed by atoms with E-state index in [0.29, 0.717) is 67.2 Å². The van der Waals surface area contributed by atoms with Crippen LogP contribution in [0, 0.1) is 0 Å².